The standard InChI is InChI=1S/C12H12O3/c13-11(8-3-1-4-8)9-5-2-6-10(7-9)12(14)15/h2,5-8H,1,3-4H2,(H,14,15). The van der Waals surface area contributed by atoms with Crippen LogP contribution in [-0.4, -0.2) is 16.9 Å². The van der Waals surface area contributed by atoms with Gasteiger partial charge in [0.1, 0.15) is 0 Å². The van der Waals surface area contributed by atoms with E-state index in [1.807, 2.05) is 0 Å². The lowest BCUT2D eigenvalue weighted by Crippen LogP contribution is -2.22. The third-order valence-electron chi connectivity index (χ3n) is 2.87. The SMILES string of the molecule is O=C(O)c1cccc(C(=O)C2CCC2)c1. The fourth-order valence-corrected chi connectivity index (χ4v) is 1.71. The minimum Gasteiger partial charge on any atom is -0.478 e. The molecule has 3 nitrogen and oxygen atoms in total. The van der Waals surface area contributed by atoms with Gasteiger partial charge in [0.05, 0.1) is 5.56 Å². The molecule has 1 aromatic carbocycles. The van der Waals surface area contributed by atoms with Crippen LogP contribution in [-0.2, 0) is 0 Å². The van der Waals surface area contributed by atoms with E-state index in [4.69, 9.17) is 5.11 Å². The van der Waals surface area contributed by atoms with E-state index in [9.17, 15) is 9.59 Å². The van der Waals surface area contributed by atoms with Gasteiger partial charge in [0.2, 0.25) is 0 Å². The third kappa shape index (κ3) is 1.91. The molecule has 2 rings (SSSR count). The molecular weight excluding hydrogens is 192 g/mol. The second kappa shape index (κ2) is 3.85. The van der Waals surface area contributed by atoms with Crippen molar-refractivity contribution in [2.75, 3.05) is 0 Å². The molecule has 0 aromatic heterocycles. The Morgan fingerprint density at radius 2 is 1.87 bits per heavy atom. The van der Waals surface area contributed by atoms with Crippen molar-refractivity contribution in [1.82, 2.24) is 0 Å². The van der Waals surface area contributed by atoms with Crippen molar-refractivity contribution in [3.8, 4) is 0 Å². The van der Waals surface area contributed by atoms with Crippen molar-refractivity contribution in [1.29, 1.82) is 0 Å². The molecule has 15 heavy (non-hydrogen) atoms. The van der Waals surface area contributed by atoms with Gasteiger partial charge in [-0.3, -0.25) is 4.79 Å². The lowest BCUT2D eigenvalue weighted by atomic mass is 9.80. The highest BCUT2D eigenvalue weighted by Crippen LogP contribution is 2.29. The molecule has 0 heterocycles. The van der Waals surface area contributed by atoms with Crippen molar-refractivity contribution in [3.05, 3.63) is 35.4 Å². The number of carboxylic acids is 1. The summed E-state index contributed by atoms with van der Waals surface area (Å²) in [6.07, 6.45) is 2.99. The molecule has 1 aliphatic rings. The highest BCUT2D eigenvalue weighted by atomic mass is 16.4. The molecule has 0 amide bonds. The van der Waals surface area contributed by atoms with Crippen LogP contribution in [0, 0.1) is 5.92 Å². The molecular formula is C12H12O3. The zero-order chi connectivity index (χ0) is 10.8. The van der Waals surface area contributed by atoms with Gasteiger partial charge in [0.25, 0.3) is 0 Å². The molecule has 1 fully saturated rings. The average Bonchev–Trinajstić information content (AvgIpc) is 2.15. The maximum absolute atomic E-state index is 11.8. The van der Waals surface area contributed by atoms with E-state index in [0.29, 0.717) is 5.56 Å². The molecule has 0 atom stereocenters. The number of hydrogen-bond donors (Lipinski definition) is 1. The maximum Gasteiger partial charge on any atom is 0.335 e. The zero-order valence-electron chi connectivity index (χ0n) is 8.27. The highest BCUT2D eigenvalue weighted by molar-refractivity contribution is 6.00. The van der Waals surface area contributed by atoms with Gasteiger partial charge in [-0.05, 0) is 25.0 Å². The number of carbonyl (C=O) groups is 2. The van der Waals surface area contributed by atoms with Gasteiger partial charge in [-0.1, -0.05) is 18.6 Å². The van der Waals surface area contributed by atoms with Crippen LogP contribution in [0.2, 0.25) is 0 Å². The first-order chi connectivity index (χ1) is 7.18. The van der Waals surface area contributed by atoms with Gasteiger partial charge in [0, 0.05) is 11.5 Å². The van der Waals surface area contributed by atoms with Crippen molar-refractivity contribution >= 4 is 11.8 Å². The number of ketones is 1. The molecule has 1 aromatic rings. The smallest absolute Gasteiger partial charge is 0.335 e. The summed E-state index contributed by atoms with van der Waals surface area (Å²) >= 11 is 0. The van der Waals surface area contributed by atoms with Crippen LogP contribution in [0.4, 0.5) is 0 Å². The Bertz CT molecular complexity index is 405. The van der Waals surface area contributed by atoms with Crippen molar-refractivity contribution in [2.24, 2.45) is 5.92 Å². The average molecular weight is 204 g/mol. The normalized spacial score (nSPS) is 15.7. The largest absolute Gasteiger partial charge is 0.478 e. The molecule has 3 heteroatoms. The summed E-state index contributed by atoms with van der Waals surface area (Å²) in [4.78, 5) is 22.5. The van der Waals surface area contributed by atoms with Gasteiger partial charge in [0.15, 0.2) is 5.78 Å². The summed E-state index contributed by atoms with van der Waals surface area (Å²) in [6.45, 7) is 0. The van der Waals surface area contributed by atoms with Gasteiger partial charge in [-0.15, -0.1) is 0 Å². The van der Waals surface area contributed by atoms with Crippen LogP contribution in [0.15, 0.2) is 24.3 Å². The summed E-state index contributed by atoms with van der Waals surface area (Å²) in [5, 5.41) is 8.79. The number of hydrogen-bond acceptors (Lipinski definition) is 2. The Kier molecular flexibility index (Phi) is 2.54. The van der Waals surface area contributed by atoms with E-state index in [0.717, 1.165) is 19.3 Å². The van der Waals surface area contributed by atoms with Crippen LogP contribution in [0.3, 0.4) is 0 Å². The zero-order valence-corrected chi connectivity index (χ0v) is 8.27. The molecule has 78 valence electrons. The van der Waals surface area contributed by atoms with Gasteiger partial charge < -0.3 is 5.11 Å². The molecule has 0 radical (unpaired) electrons. The van der Waals surface area contributed by atoms with Crippen LogP contribution in [0.5, 0.6) is 0 Å². The molecule has 1 aliphatic carbocycles. The third-order valence-corrected chi connectivity index (χ3v) is 2.87. The number of benzene rings is 1. The van der Waals surface area contributed by atoms with Gasteiger partial charge in [-0.2, -0.15) is 0 Å². The number of carbonyl (C=O) groups excluding carboxylic acids is 1. The van der Waals surface area contributed by atoms with Crippen molar-refractivity contribution in [2.45, 2.75) is 19.3 Å². The lowest BCUT2D eigenvalue weighted by Gasteiger charge is -2.23. The Balaban J connectivity index is 2.23. The summed E-state index contributed by atoms with van der Waals surface area (Å²) in [5.41, 5.74) is 0.708. The minimum absolute atomic E-state index is 0.0874. The molecule has 0 spiro atoms. The van der Waals surface area contributed by atoms with Gasteiger partial charge in [-0.25, -0.2) is 4.79 Å². The first-order valence-electron chi connectivity index (χ1n) is 5.06. The first kappa shape index (κ1) is 9.90. The highest BCUT2D eigenvalue weighted by Gasteiger charge is 2.26. The van der Waals surface area contributed by atoms with E-state index < -0.39 is 5.97 Å². The van der Waals surface area contributed by atoms with Crippen LogP contribution in [0.1, 0.15) is 40.0 Å². The van der Waals surface area contributed by atoms with Crippen LogP contribution in [0.25, 0.3) is 0 Å². The Hall–Kier alpha value is -1.64. The summed E-state index contributed by atoms with van der Waals surface area (Å²) in [7, 11) is 0. The van der Waals surface area contributed by atoms with Crippen molar-refractivity contribution in [3.63, 3.8) is 0 Å². The molecule has 0 saturated heterocycles. The van der Waals surface area contributed by atoms with Crippen molar-refractivity contribution < 1.29 is 14.7 Å². The fourth-order valence-electron chi connectivity index (χ4n) is 1.71. The minimum atomic E-state index is -0.988. The maximum atomic E-state index is 11.8. The molecule has 1 N–H and O–H groups in total. The molecule has 1 saturated carbocycles. The summed E-state index contributed by atoms with van der Waals surface area (Å²) in [6, 6.07) is 6.27. The second-order valence-corrected chi connectivity index (χ2v) is 3.88. The van der Waals surface area contributed by atoms with E-state index in [1.165, 1.54) is 12.1 Å². The summed E-state index contributed by atoms with van der Waals surface area (Å²) in [5.74, 6) is -0.781. The Morgan fingerprint density at radius 1 is 1.20 bits per heavy atom. The van der Waals surface area contributed by atoms with Crippen LogP contribution < -0.4 is 0 Å². The summed E-state index contributed by atoms with van der Waals surface area (Å²) < 4.78 is 0. The first-order valence-corrected chi connectivity index (χ1v) is 5.06. The van der Waals surface area contributed by atoms with E-state index >= 15 is 0 Å². The number of Topliss-reactive ketones (excluding diaryl/α,β-unsaturated/α-hetero) is 1. The lowest BCUT2D eigenvalue weighted by molar-refractivity contribution is 0.0697. The fraction of sp³-hybridized carbons (Fsp3) is 0.333. The number of rotatable bonds is 3. The number of aromatic carboxylic acids is 1. The van der Waals surface area contributed by atoms with Gasteiger partial charge >= 0.3 is 5.97 Å². The number of carboxylic acid groups (broad SMARTS) is 1. The van der Waals surface area contributed by atoms with E-state index in [-0.39, 0.29) is 17.3 Å². The van der Waals surface area contributed by atoms with Crippen LogP contribution >= 0.6 is 0 Å². The second-order valence-electron chi connectivity index (χ2n) is 3.88. The topological polar surface area (TPSA) is 54.4 Å². The quantitative estimate of drug-likeness (QED) is 0.769. The van der Waals surface area contributed by atoms with E-state index in [2.05, 4.69) is 0 Å². The Morgan fingerprint density at radius 3 is 2.40 bits per heavy atom. The predicted octanol–water partition coefficient (Wildman–Crippen LogP) is 2.37. The molecule has 0 bridgehead atoms. The molecule has 0 aliphatic heterocycles. The monoisotopic (exact) mass is 204 g/mol. The Labute approximate surface area is 87.7 Å². The van der Waals surface area contributed by atoms with E-state index in [1.54, 1.807) is 12.1 Å². The molecule has 0 unspecified atom stereocenters. The predicted molar refractivity (Wildman–Crippen MR) is 55.1 cm³/mol.